The van der Waals surface area contributed by atoms with Gasteiger partial charge < -0.3 is 5.73 Å². The van der Waals surface area contributed by atoms with Gasteiger partial charge in [0.1, 0.15) is 9.84 Å². The van der Waals surface area contributed by atoms with Crippen LogP contribution in [-0.2, 0) is 19.9 Å². The Hall–Kier alpha value is -0.180. The zero-order valence-corrected chi connectivity index (χ0v) is 12.6. The first-order chi connectivity index (χ1) is 8.85. The fraction of sp³-hybridized carbons (Fsp3) is 1.00. The summed E-state index contributed by atoms with van der Waals surface area (Å²) in [5.74, 6) is 0.348. The van der Waals surface area contributed by atoms with Crippen molar-refractivity contribution in [3.63, 3.8) is 0 Å². The quantitative estimate of drug-likeness (QED) is 0.759. The van der Waals surface area contributed by atoms with E-state index in [2.05, 4.69) is 0 Å². The van der Waals surface area contributed by atoms with Gasteiger partial charge in [-0.25, -0.2) is 21.1 Å². The molecule has 8 heteroatoms. The van der Waals surface area contributed by atoms with Crippen molar-refractivity contribution in [2.75, 3.05) is 31.1 Å². The average molecular weight is 310 g/mol. The van der Waals surface area contributed by atoms with Gasteiger partial charge >= 0.3 is 0 Å². The molecular weight excluding hydrogens is 288 g/mol. The lowest BCUT2D eigenvalue weighted by molar-refractivity contribution is 0.435. The van der Waals surface area contributed by atoms with Crippen LogP contribution in [0.4, 0.5) is 0 Å². The van der Waals surface area contributed by atoms with Gasteiger partial charge in [-0.1, -0.05) is 0 Å². The summed E-state index contributed by atoms with van der Waals surface area (Å²) in [6.45, 7) is 1.68. The van der Waals surface area contributed by atoms with Crippen LogP contribution in [0.5, 0.6) is 0 Å². The topological polar surface area (TPSA) is 97.5 Å². The number of sulfone groups is 1. The van der Waals surface area contributed by atoms with Gasteiger partial charge in [-0.3, -0.25) is 0 Å². The fourth-order valence-corrected chi connectivity index (χ4v) is 6.70. The van der Waals surface area contributed by atoms with Crippen molar-refractivity contribution in [1.82, 2.24) is 4.31 Å². The van der Waals surface area contributed by atoms with Crippen molar-refractivity contribution in [3.05, 3.63) is 0 Å². The summed E-state index contributed by atoms with van der Waals surface area (Å²) in [5.41, 5.74) is 5.50. The minimum Gasteiger partial charge on any atom is -0.330 e. The van der Waals surface area contributed by atoms with Gasteiger partial charge in [0.15, 0.2) is 0 Å². The van der Waals surface area contributed by atoms with Crippen molar-refractivity contribution in [3.8, 4) is 0 Å². The average Bonchev–Trinajstić information content (AvgIpc) is 2.78. The van der Waals surface area contributed by atoms with Crippen molar-refractivity contribution in [2.45, 2.75) is 30.9 Å². The number of rotatable bonds is 4. The number of sulfonamides is 1. The monoisotopic (exact) mass is 310 g/mol. The molecule has 19 heavy (non-hydrogen) atoms. The van der Waals surface area contributed by atoms with Crippen LogP contribution in [0.15, 0.2) is 0 Å². The Morgan fingerprint density at radius 3 is 2.37 bits per heavy atom. The molecule has 2 fully saturated rings. The molecule has 2 aliphatic rings. The molecule has 2 N–H and O–H groups in total. The van der Waals surface area contributed by atoms with E-state index in [1.807, 2.05) is 0 Å². The highest BCUT2D eigenvalue weighted by molar-refractivity contribution is 7.92. The van der Waals surface area contributed by atoms with E-state index in [4.69, 9.17) is 5.73 Å². The maximum absolute atomic E-state index is 12.4. The standard InChI is InChI=1S/C11H22N2O4S2/c12-5-1-10-2-6-13(9-10)19(16,17)11-3-7-18(14,15)8-4-11/h10-11H,1-9,12H2. The van der Waals surface area contributed by atoms with Gasteiger partial charge in [-0.2, -0.15) is 0 Å². The van der Waals surface area contributed by atoms with E-state index in [-0.39, 0.29) is 24.3 Å². The van der Waals surface area contributed by atoms with Gasteiger partial charge in [0.05, 0.1) is 16.8 Å². The Labute approximate surface area is 115 Å². The number of nitrogens with two attached hydrogens (primary N) is 1. The van der Waals surface area contributed by atoms with Crippen molar-refractivity contribution < 1.29 is 16.8 Å². The molecule has 0 bridgehead atoms. The Bertz CT molecular complexity index is 501. The number of hydrogen-bond donors (Lipinski definition) is 1. The largest absolute Gasteiger partial charge is 0.330 e. The summed E-state index contributed by atoms with van der Waals surface area (Å²) in [4.78, 5) is 0. The molecule has 0 aromatic heterocycles. The molecule has 0 aromatic rings. The Kier molecular flexibility index (Phi) is 4.54. The molecule has 2 saturated heterocycles. The van der Waals surface area contributed by atoms with E-state index >= 15 is 0 Å². The van der Waals surface area contributed by atoms with E-state index in [0.717, 1.165) is 12.8 Å². The van der Waals surface area contributed by atoms with E-state index in [1.54, 1.807) is 0 Å². The lowest BCUT2D eigenvalue weighted by atomic mass is 10.1. The third kappa shape index (κ3) is 3.48. The van der Waals surface area contributed by atoms with Crippen LogP contribution in [0.25, 0.3) is 0 Å². The van der Waals surface area contributed by atoms with E-state index < -0.39 is 25.1 Å². The first-order valence-electron chi connectivity index (χ1n) is 6.74. The second-order valence-electron chi connectivity index (χ2n) is 5.49. The van der Waals surface area contributed by atoms with Crippen LogP contribution < -0.4 is 5.73 Å². The first kappa shape index (κ1) is 15.2. The molecule has 0 aromatic carbocycles. The number of nitrogens with zero attached hydrogens (tertiary/aromatic N) is 1. The Morgan fingerprint density at radius 1 is 1.16 bits per heavy atom. The normalized spacial score (nSPS) is 29.6. The molecule has 1 atom stereocenters. The van der Waals surface area contributed by atoms with Crippen LogP contribution in [-0.4, -0.2) is 57.5 Å². The van der Waals surface area contributed by atoms with Crippen LogP contribution >= 0.6 is 0 Å². The zero-order chi connectivity index (χ0) is 14.1. The summed E-state index contributed by atoms with van der Waals surface area (Å²) in [5, 5.41) is -0.521. The molecule has 0 spiro atoms. The van der Waals surface area contributed by atoms with Gasteiger partial charge in [0.2, 0.25) is 10.0 Å². The lowest BCUT2D eigenvalue weighted by Gasteiger charge is -2.27. The molecule has 0 aliphatic carbocycles. The second kappa shape index (κ2) is 5.67. The molecule has 2 heterocycles. The molecular formula is C11H22N2O4S2. The van der Waals surface area contributed by atoms with Crippen LogP contribution in [0.3, 0.4) is 0 Å². The molecule has 2 rings (SSSR count). The molecule has 0 amide bonds. The fourth-order valence-electron chi connectivity index (χ4n) is 2.88. The molecule has 2 aliphatic heterocycles. The second-order valence-corrected chi connectivity index (χ2v) is 10.0. The summed E-state index contributed by atoms with van der Waals surface area (Å²) >= 11 is 0. The van der Waals surface area contributed by atoms with Crippen LogP contribution in [0, 0.1) is 5.92 Å². The van der Waals surface area contributed by atoms with E-state index in [9.17, 15) is 16.8 Å². The first-order valence-corrected chi connectivity index (χ1v) is 10.1. The summed E-state index contributed by atoms with van der Waals surface area (Å²) in [7, 11) is -6.35. The highest BCUT2D eigenvalue weighted by Gasteiger charge is 2.39. The predicted octanol–water partition coefficient (Wildman–Crippen LogP) is -0.436. The van der Waals surface area contributed by atoms with Gasteiger partial charge in [0, 0.05) is 13.1 Å². The molecule has 0 radical (unpaired) electrons. The van der Waals surface area contributed by atoms with Gasteiger partial charge in [-0.05, 0) is 38.1 Å². The summed E-state index contributed by atoms with van der Waals surface area (Å²) in [6.07, 6.45) is 2.19. The SMILES string of the molecule is NCCC1CCN(S(=O)(=O)C2CCS(=O)(=O)CC2)C1. The van der Waals surface area contributed by atoms with Gasteiger partial charge in [-0.15, -0.1) is 0 Å². The molecule has 1 unspecified atom stereocenters. The Morgan fingerprint density at radius 2 is 1.79 bits per heavy atom. The molecule has 6 nitrogen and oxygen atoms in total. The van der Waals surface area contributed by atoms with Crippen LogP contribution in [0.2, 0.25) is 0 Å². The predicted molar refractivity (Wildman–Crippen MR) is 73.9 cm³/mol. The Balaban J connectivity index is 2.00. The minimum absolute atomic E-state index is 0.00301. The highest BCUT2D eigenvalue weighted by atomic mass is 32.2. The third-order valence-corrected chi connectivity index (χ3v) is 8.19. The minimum atomic E-state index is -3.34. The van der Waals surface area contributed by atoms with Crippen LogP contribution in [0.1, 0.15) is 25.7 Å². The van der Waals surface area contributed by atoms with Gasteiger partial charge in [0.25, 0.3) is 0 Å². The lowest BCUT2D eigenvalue weighted by Crippen LogP contribution is -2.41. The zero-order valence-electron chi connectivity index (χ0n) is 11.0. The highest BCUT2D eigenvalue weighted by Crippen LogP contribution is 2.28. The maximum atomic E-state index is 12.4. The van der Waals surface area contributed by atoms with Crippen molar-refractivity contribution in [1.29, 1.82) is 0 Å². The van der Waals surface area contributed by atoms with Crippen molar-refractivity contribution in [2.24, 2.45) is 11.7 Å². The summed E-state index contributed by atoms with van der Waals surface area (Å²) in [6, 6.07) is 0. The van der Waals surface area contributed by atoms with E-state index in [1.165, 1.54) is 4.31 Å². The van der Waals surface area contributed by atoms with Crippen molar-refractivity contribution >= 4 is 19.9 Å². The third-order valence-electron chi connectivity index (χ3n) is 4.11. The number of hydrogen-bond acceptors (Lipinski definition) is 5. The molecule has 112 valence electrons. The van der Waals surface area contributed by atoms with E-state index in [0.29, 0.717) is 25.6 Å². The molecule has 0 saturated carbocycles. The smallest absolute Gasteiger partial charge is 0.217 e. The maximum Gasteiger partial charge on any atom is 0.217 e. The summed E-state index contributed by atoms with van der Waals surface area (Å²) < 4.78 is 49.2.